The quantitative estimate of drug-likeness (QED) is 0.733. The molecule has 1 aliphatic carbocycles. The van der Waals surface area contributed by atoms with Gasteiger partial charge in [-0.05, 0) is 43.2 Å². The molecule has 0 spiro atoms. The number of aromatic hydroxyl groups is 1. The first kappa shape index (κ1) is 10.5. The molecule has 0 radical (unpaired) electrons. The molecule has 1 fully saturated rings. The van der Waals surface area contributed by atoms with Crippen LogP contribution in [0.1, 0.15) is 49.7 Å². The Hall–Kier alpha value is -0.980. The van der Waals surface area contributed by atoms with E-state index < -0.39 is 0 Å². The molecule has 1 aliphatic rings. The number of phenolic OH excluding ortho intramolecular Hbond substituents is 1. The molecule has 1 heteroatoms. The van der Waals surface area contributed by atoms with Crippen LogP contribution in [0.15, 0.2) is 18.2 Å². The van der Waals surface area contributed by atoms with Crippen molar-refractivity contribution < 1.29 is 5.11 Å². The second-order valence-corrected chi connectivity index (χ2v) is 5.02. The highest BCUT2D eigenvalue weighted by Gasteiger charge is 2.21. The Balaban J connectivity index is 2.18. The van der Waals surface area contributed by atoms with Gasteiger partial charge in [0.15, 0.2) is 0 Å². The first-order chi connectivity index (χ1) is 7.16. The molecule has 0 bridgehead atoms. The summed E-state index contributed by atoms with van der Waals surface area (Å²) in [6, 6.07) is 5.96. The first-order valence-corrected chi connectivity index (χ1v) is 5.96. The van der Waals surface area contributed by atoms with Gasteiger partial charge in [0.05, 0.1) is 0 Å². The highest BCUT2D eigenvalue weighted by molar-refractivity contribution is 5.38. The number of hydrogen-bond acceptors (Lipinski definition) is 1. The van der Waals surface area contributed by atoms with E-state index in [1.165, 1.54) is 36.8 Å². The van der Waals surface area contributed by atoms with Gasteiger partial charge in [-0.15, -0.1) is 0 Å². The van der Waals surface area contributed by atoms with E-state index in [1.54, 1.807) is 0 Å². The van der Waals surface area contributed by atoms with Crippen molar-refractivity contribution in [3.05, 3.63) is 29.3 Å². The number of aryl methyl sites for hydroxylation is 1. The zero-order valence-corrected chi connectivity index (χ0v) is 9.66. The fraction of sp³-hybridized carbons (Fsp3) is 0.571. The van der Waals surface area contributed by atoms with Gasteiger partial charge in [0.1, 0.15) is 5.75 Å². The molecule has 0 amide bonds. The summed E-state index contributed by atoms with van der Waals surface area (Å²) >= 11 is 0. The Morgan fingerprint density at radius 1 is 1.13 bits per heavy atom. The summed E-state index contributed by atoms with van der Waals surface area (Å²) in [4.78, 5) is 0. The average molecular weight is 204 g/mol. The Morgan fingerprint density at radius 3 is 2.47 bits per heavy atom. The molecular formula is C14H20O. The van der Waals surface area contributed by atoms with E-state index >= 15 is 0 Å². The van der Waals surface area contributed by atoms with Crippen LogP contribution in [0.25, 0.3) is 0 Å². The van der Waals surface area contributed by atoms with Crippen molar-refractivity contribution in [2.45, 2.75) is 45.4 Å². The minimum atomic E-state index is 0.486. The molecule has 0 atom stereocenters. The van der Waals surface area contributed by atoms with E-state index in [9.17, 15) is 5.11 Å². The van der Waals surface area contributed by atoms with E-state index in [1.807, 2.05) is 12.1 Å². The third-order valence-corrected chi connectivity index (χ3v) is 3.64. The molecule has 15 heavy (non-hydrogen) atoms. The summed E-state index contributed by atoms with van der Waals surface area (Å²) in [5.74, 6) is 1.94. The lowest BCUT2D eigenvalue weighted by Gasteiger charge is -2.27. The first-order valence-electron chi connectivity index (χ1n) is 5.96. The van der Waals surface area contributed by atoms with Crippen LogP contribution in [0.5, 0.6) is 5.75 Å². The Labute approximate surface area is 92.1 Å². The van der Waals surface area contributed by atoms with Gasteiger partial charge in [-0.25, -0.2) is 0 Å². The summed E-state index contributed by atoms with van der Waals surface area (Å²) < 4.78 is 0. The summed E-state index contributed by atoms with van der Waals surface area (Å²) in [6.45, 7) is 4.42. The monoisotopic (exact) mass is 204 g/mol. The van der Waals surface area contributed by atoms with Gasteiger partial charge >= 0.3 is 0 Å². The predicted molar refractivity (Wildman–Crippen MR) is 63.2 cm³/mol. The molecule has 0 aromatic heterocycles. The van der Waals surface area contributed by atoms with Crippen molar-refractivity contribution >= 4 is 0 Å². The van der Waals surface area contributed by atoms with Crippen molar-refractivity contribution in [3.63, 3.8) is 0 Å². The van der Waals surface area contributed by atoms with E-state index in [4.69, 9.17) is 0 Å². The van der Waals surface area contributed by atoms with Gasteiger partial charge in [0.2, 0.25) is 0 Å². The van der Waals surface area contributed by atoms with Gasteiger partial charge in [0, 0.05) is 0 Å². The number of rotatable bonds is 1. The van der Waals surface area contributed by atoms with E-state index in [0.29, 0.717) is 11.7 Å². The van der Waals surface area contributed by atoms with Gasteiger partial charge in [-0.3, -0.25) is 0 Å². The normalized spacial score (nSPS) is 26.5. The molecule has 2 rings (SSSR count). The van der Waals surface area contributed by atoms with Gasteiger partial charge in [0.25, 0.3) is 0 Å². The third-order valence-electron chi connectivity index (χ3n) is 3.64. The minimum absolute atomic E-state index is 0.486. The maximum atomic E-state index is 9.85. The van der Waals surface area contributed by atoms with Gasteiger partial charge in [-0.2, -0.15) is 0 Å². The summed E-state index contributed by atoms with van der Waals surface area (Å²) in [5.41, 5.74) is 2.42. The third kappa shape index (κ3) is 2.34. The van der Waals surface area contributed by atoms with Crippen molar-refractivity contribution in [2.24, 2.45) is 5.92 Å². The van der Waals surface area contributed by atoms with Crippen molar-refractivity contribution in [2.75, 3.05) is 0 Å². The summed E-state index contributed by atoms with van der Waals surface area (Å²) in [6.07, 6.45) is 5.08. The molecule has 1 saturated carbocycles. The number of hydrogen-bond donors (Lipinski definition) is 1. The molecular weight excluding hydrogens is 184 g/mol. The minimum Gasteiger partial charge on any atom is -0.508 e. The molecule has 1 aromatic carbocycles. The second kappa shape index (κ2) is 4.26. The zero-order valence-electron chi connectivity index (χ0n) is 9.66. The maximum absolute atomic E-state index is 9.85. The van der Waals surface area contributed by atoms with Crippen LogP contribution in [0.4, 0.5) is 0 Å². The molecule has 0 heterocycles. The largest absolute Gasteiger partial charge is 0.508 e. The molecule has 0 saturated heterocycles. The summed E-state index contributed by atoms with van der Waals surface area (Å²) in [7, 11) is 0. The lowest BCUT2D eigenvalue weighted by Crippen LogP contribution is -2.11. The SMILES string of the molecule is Cc1ccc(O)c(C2CCC(C)CC2)c1. The highest BCUT2D eigenvalue weighted by Crippen LogP contribution is 2.39. The molecule has 82 valence electrons. The highest BCUT2D eigenvalue weighted by atomic mass is 16.3. The maximum Gasteiger partial charge on any atom is 0.119 e. The number of phenols is 1. The fourth-order valence-corrected chi connectivity index (χ4v) is 2.57. The molecule has 1 nitrogen and oxygen atoms in total. The average Bonchev–Trinajstić information content (AvgIpc) is 2.23. The lowest BCUT2D eigenvalue weighted by molar-refractivity contribution is 0.340. The van der Waals surface area contributed by atoms with Crippen molar-refractivity contribution in [1.29, 1.82) is 0 Å². The molecule has 1 aromatic rings. The van der Waals surface area contributed by atoms with Crippen LogP contribution in [0, 0.1) is 12.8 Å². The van der Waals surface area contributed by atoms with Crippen LogP contribution in [-0.4, -0.2) is 5.11 Å². The molecule has 0 aliphatic heterocycles. The topological polar surface area (TPSA) is 20.2 Å². The van der Waals surface area contributed by atoms with Gasteiger partial charge in [-0.1, -0.05) is 37.5 Å². The Kier molecular flexibility index (Phi) is 2.99. The second-order valence-electron chi connectivity index (χ2n) is 5.02. The summed E-state index contributed by atoms with van der Waals surface area (Å²) in [5, 5.41) is 9.85. The molecule has 0 unspecified atom stereocenters. The van der Waals surface area contributed by atoms with Crippen molar-refractivity contribution in [3.8, 4) is 5.75 Å². The molecule has 1 N–H and O–H groups in total. The van der Waals surface area contributed by atoms with Crippen LogP contribution in [0.3, 0.4) is 0 Å². The van der Waals surface area contributed by atoms with Crippen LogP contribution >= 0.6 is 0 Å². The number of benzene rings is 1. The Morgan fingerprint density at radius 2 is 1.80 bits per heavy atom. The van der Waals surface area contributed by atoms with Gasteiger partial charge < -0.3 is 5.11 Å². The zero-order chi connectivity index (χ0) is 10.8. The van der Waals surface area contributed by atoms with Crippen LogP contribution < -0.4 is 0 Å². The fourth-order valence-electron chi connectivity index (χ4n) is 2.57. The van der Waals surface area contributed by atoms with Crippen LogP contribution in [0.2, 0.25) is 0 Å². The van der Waals surface area contributed by atoms with E-state index in [-0.39, 0.29) is 0 Å². The lowest BCUT2D eigenvalue weighted by atomic mass is 9.79. The van der Waals surface area contributed by atoms with Crippen molar-refractivity contribution in [1.82, 2.24) is 0 Å². The standard InChI is InChI=1S/C14H20O/c1-10-3-6-12(7-4-10)13-9-11(2)5-8-14(13)15/h5,8-10,12,15H,3-4,6-7H2,1-2H3. The smallest absolute Gasteiger partial charge is 0.119 e. The van der Waals surface area contributed by atoms with Crippen LogP contribution in [-0.2, 0) is 0 Å². The van der Waals surface area contributed by atoms with E-state index in [2.05, 4.69) is 19.9 Å². The predicted octanol–water partition coefficient (Wildman–Crippen LogP) is 3.99. The van der Waals surface area contributed by atoms with E-state index in [0.717, 1.165) is 5.92 Å². The Bertz CT molecular complexity index is 335.